The molecule has 0 fully saturated rings. The molecular weight excluding hydrogens is 284 g/mol. The van der Waals surface area contributed by atoms with Crippen molar-refractivity contribution in [1.29, 1.82) is 0 Å². The van der Waals surface area contributed by atoms with Gasteiger partial charge in [0.05, 0.1) is 12.4 Å². The second-order valence-electron chi connectivity index (χ2n) is 5.57. The molecule has 108 valence electrons. The molecule has 0 aliphatic rings. The van der Waals surface area contributed by atoms with Crippen molar-refractivity contribution in [3.63, 3.8) is 0 Å². The Morgan fingerprint density at radius 3 is 2.16 bits per heavy atom. The maximum Gasteiger partial charge on any atom is 0.232 e. The van der Waals surface area contributed by atoms with Crippen LogP contribution in [0.3, 0.4) is 0 Å². The summed E-state index contributed by atoms with van der Waals surface area (Å²) < 4.78 is 27.0. The lowest BCUT2D eigenvalue weighted by molar-refractivity contribution is 0.309. The first-order valence-corrected chi connectivity index (χ1v) is 8.82. The third-order valence-corrected chi connectivity index (χ3v) is 4.01. The summed E-state index contributed by atoms with van der Waals surface area (Å²) in [5, 5.41) is 0. The van der Waals surface area contributed by atoms with Crippen LogP contribution < -0.4 is 4.74 Å². The highest BCUT2D eigenvalue weighted by Gasteiger charge is 2.12. The number of ether oxygens (including phenoxy) is 1. The van der Waals surface area contributed by atoms with E-state index in [1.165, 1.54) is 5.56 Å². The van der Waals surface area contributed by atoms with E-state index in [0.29, 0.717) is 19.4 Å². The molecular formula is C14H21ClO3S. The summed E-state index contributed by atoms with van der Waals surface area (Å²) in [6, 6.07) is 7.99. The van der Waals surface area contributed by atoms with E-state index < -0.39 is 9.05 Å². The standard InChI is InChI=1S/C14H21ClO3S/c1-14(2,3)12-6-8-13(9-7-12)18-10-4-5-11-19(15,16)17/h6-9H,4-5,10-11H2,1-3H3. The molecule has 19 heavy (non-hydrogen) atoms. The van der Waals surface area contributed by atoms with Gasteiger partial charge in [0.2, 0.25) is 9.05 Å². The van der Waals surface area contributed by atoms with Gasteiger partial charge in [-0.2, -0.15) is 0 Å². The molecule has 0 radical (unpaired) electrons. The lowest BCUT2D eigenvalue weighted by Crippen LogP contribution is -2.10. The molecule has 1 aromatic carbocycles. The largest absolute Gasteiger partial charge is 0.494 e. The van der Waals surface area contributed by atoms with Gasteiger partial charge in [-0.3, -0.25) is 0 Å². The first-order chi connectivity index (χ1) is 8.68. The molecule has 0 spiro atoms. The number of halogens is 1. The molecule has 0 N–H and O–H groups in total. The Bertz CT molecular complexity index is 486. The van der Waals surface area contributed by atoms with Crippen LogP contribution >= 0.6 is 10.7 Å². The van der Waals surface area contributed by atoms with E-state index >= 15 is 0 Å². The van der Waals surface area contributed by atoms with Gasteiger partial charge in [-0.15, -0.1) is 0 Å². The zero-order chi connectivity index (χ0) is 14.5. The van der Waals surface area contributed by atoms with E-state index in [9.17, 15) is 8.42 Å². The number of unbranched alkanes of at least 4 members (excludes halogenated alkanes) is 1. The van der Waals surface area contributed by atoms with Gasteiger partial charge in [-0.25, -0.2) is 8.42 Å². The van der Waals surface area contributed by atoms with Crippen LogP contribution in [0, 0.1) is 0 Å². The Kier molecular flexibility index (Phi) is 5.68. The average molecular weight is 305 g/mol. The predicted octanol–water partition coefficient (Wildman–Crippen LogP) is 3.71. The number of hydrogen-bond donors (Lipinski definition) is 0. The Balaban J connectivity index is 2.35. The third kappa shape index (κ3) is 6.83. The van der Waals surface area contributed by atoms with Gasteiger partial charge in [0.25, 0.3) is 0 Å². The van der Waals surface area contributed by atoms with Crippen LogP contribution in [0.4, 0.5) is 0 Å². The number of hydrogen-bond acceptors (Lipinski definition) is 3. The SMILES string of the molecule is CC(C)(C)c1ccc(OCCCCS(=O)(=O)Cl)cc1. The molecule has 1 aromatic rings. The van der Waals surface area contributed by atoms with Gasteiger partial charge >= 0.3 is 0 Å². The maximum atomic E-state index is 10.7. The molecule has 0 bridgehead atoms. The third-order valence-electron chi connectivity index (χ3n) is 2.77. The van der Waals surface area contributed by atoms with E-state index in [1.54, 1.807) is 0 Å². The maximum absolute atomic E-state index is 10.7. The molecule has 0 unspecified atom stereocenters. The second-order valence-corrected chi connectivity index (χ2v) is 8.47. The minimum atomic E-state index is -3.37. The molecule has 0 aliphatic carbocycles. The van der Waals surface area contributed by atoms with Crippen molar-refractivity contribution in [2.24, 2.45) is 0 Å². The molecule has 5 heteroatoms. The molecule has 0 aromatic heterocycles. The van der Waals surface area contributed by atoms with Gasteiger partial charge < -0.3 is 4.74 Å². The highest BCUT2D eigenvalue weighted by atomic mass is 35.7. The summed E-state index contributed by atoms with van der Waals surface area (Å²) in [6.07, 6.45) is 1.19. The summed E-state index contributed by atoms with van der Waals surface area (Å²) in [4.78, 5) is 0. The van der Waals surface area contributed by atoms with Gasteiger partial charge in [0.1, 0.15) is 5.75 Å². The number of benzene rings is 1. The topological polar surface area (TPSA) is 43.4 Å². The van der Waals surface area contributed by atoms with Crippen LogP contribution in [0.15, 0.2) is 24.3 Å². The summed E-state index contributed by atoms with van der Waals surface area (Å²) in [7, 11) is 1.75. The zero-order valence-electron chi connectivity index (χ0n) is 11.6. The minimum Gasteiger partial charge on any atom is -0.494 e. The molecule has 1 rings (SSSR count). The zero-order valence-corrected chi connectivity index (χ0v) is 13.2. The van der Waals surface area contributed by atoms with Crippen molar-refractivity contribution >= 4 is 19.7 Å². The van der Waals surface area contributed by atoms with E-state index in [0.717, 1.165) is 5.75 Å². The smallest absolute Gasteiger partial charge is 0.232 e. The van der Waals surface area contributed by atoms with Crippen LogP contribution in [0.5, 0.6) is 5.75 Å². The van der Waals surface area contributed by atoms with Crippen LogP contribution in [0.25, 0.3) is 0 Å². The Morgan fingerprint density at radius 1 is 1.11 bits per heavy atom. The lowest BCUT2D eigenvalue weighted by atomic mass is 9.87. The van der Waals surface area contributed by atoms with E-state index in [2.05, 4.69) is 32.9 Å². The fourth-order valence-electron chi connectivity index (χ4n) is 1.62. The molecule has 0 heterocycles. The highest BCUT2D eigenvalue weighted by Crippen LogP contribution is 2.24. The van der Waals surface area contributed by atoms with E-state index in [-0.39, 0.29) is 11.2 Å². The Hall–Kier alpha value is -0.740. The summed E-state index contributed by atoms with van der Waals surface area (Å²) in [6.45, 7) is 6.99. The summed E-state index contributed by atoms with van der Waals surface area (Å²) in [5.41, 5.74) is 1.39. The average Bonchev–Trinajstić information content (AvgIpc) is 2.26. The van der Waals surface area contributed by atoms with Crippen molar-refractivity contribution in [3.05, 3.63) is 29.8 Å². The quantitative estimate of drug-likeness (QED) is 0.594. The second kappa shape index (κ2) is 6.62. The number of rotatable bonds is 6. The fourth-order valence-corrected chi connectivity index (χ4v) is 2.49. The van der Waals surface area contributed by atoms with Gasteiger partial charge in [-0.05, 0) is 36.0 Å². The van der Waals surface area contributed by atoms with Crippen molar-refractivity contribution in [2.75, 3.05) is 12.4 Å². The normalized spacial score (nSPS) is 12.4. The summed E-state index contributed by atoms with van der Waals surface area (Å²) >= 11 is 0. The van der Waals surface area contributed by atoms with Crippen molar-refractivity contribution < 1.29 is 13.2 Å². The van der Waals surface area contributed by atoms with Gasteiger partial charge in [0, 0.05) is 10.7 Å². The molecule has 0 atom stereocenters. The van der Waals surface area contributed by atoms with Gasteiger partial charge in [0.15, 0.2) is 0 Å². The Labute approximate surface area is 120 Å². The van der Waals surface area contributed by atoms with Crippen molar-refractivity contribution in [2.45, 2.75) is 39.0 Å². The summed E-state index contributed by atoms with van der Waals surface area (Å²) in [5.74, 6) is 0.808. The van der Waals surface area contributed by atoms with E-state index in [4.69, 9.17) is 15.4 Å². The first-order valence-electron chi connectivity index (χ1n) is 6.34. The fraction of sp³-hybridized carbons (Fsp3) is 0.571. The first kappa shape index (κ1) is 16.3. The molecule has 0 aliphatic heterocycles. The minimum absolute atomic E-state index is 0.000871. The molecule has 0 saturated heterocycles. The Morgan fingerprint density at radius 2 is 1.68 bits per heavy atom. The van der Waals surface area contributed by atoms with Crippen LogP contribution in [0.2, 0.25) is 0 Å². The monoisotopic (exact) mass is 304 g/mol. The van der Waals surface area contributed by atoms with E-state index in [1.807, 2.05) is 12.1 Å². The van der Waals surface area contributed by atoms with Crippen molar-refractivity contribution in [1.82, 2.24) is 0 Å². The predicted molar refractivity (Wildman–Crippen MR) is 79.5 cm³/mol. The van der Waals surface area contributed by atoms with Crippen LogP contribution in [-0.2, 0) is 14.5 Å². The molecule has 0 saturated carbocycles. The highest BCUT2D eigenvalue weighted by molar-refractivity contribution is 8.13. The van der Waals surface area contributed by atoms with Crippen LogP contribution in [-0.4, -0.2) is 20.8 Å². The van der Waals surface area contributed by atoms with Crippen molar-refractivity contribution in [3.8, 4) is 5.75 Å². The van der Waals surface area contributed by atoms with Gasteiger partial charge in [-0.1, -0.05) is 32.9 Å². The lowest BCUT2D eigenvalue weighted by Gasteiger charge is -2.19. The molecule has 3 nitrogen and oxygen atoms in total. The molecule has 0 amide bonds. The van der Waals surface area contributed by atoms with Crippen LogP contribution in [0.1, 0.15) is 39.2 Å².